The second-order valence-corrected chi connectivity index (χ2v) is 3.88. The highest BCUT2D eigenvalue weighted by molar-refractivity contribution is 6.31. The summed E-state index contributed by atoms with van der Waals surface area (Å²) in [5.41, 5.74) is 0.884. The number of benzene rings is 1. The highest BCUT2D eigenvalue weighted by Crippen LogP contribution is 2.23. The van der Waals surface area contributed by atoms with Gasteiger partial charge in [-0.1, -0.05) is 11.6 Å². The van der Waals surface area contributed by atoms with Crippen LogP contribution in [0.15, 0.2) is 30.5 Å². The number of halogens is 1. The van der Waals surface area contributed by atoms with Gasteiger partial charge in [-0.3, -0.25) is 0 Å². The minimum atomic E-state index is -0.845. The summed E-state index contributed by atoms with van der Waals surface area (Å²) in [6.45, 7) is 1.65. The molecule has 3 nitrogen and oxygen atoms in total. The predicted octanol–water partition coefficient (Wildman–Crippen LogP) is 2.94. The molecule has 0 aliphatic carbocycles. The first-order chi connectivity index (χ1) is 7.09. The largest absolute Gasteiger partial charge is 0.480 e. The van der Waals surface area contributed by atoms with Crippen molar-refractivity contribution in [3.63, 3.8) is 0 Å². The smallest absolute Gasteiger partial charge is 0.326 e. The molecule has 1 unspecified atom stereocenters. The van der Waals surface area contributed by atoms with Crippen molar-refractivity contribution in [1.82, 2.24) is 4.57 Å². The van der Waals surface area contributed by atoms with Crippen LogP contribution in [0, 0.1) is 0 Å². The molecule has 0 saturated carbocycles. The molecule has 0 saturated heterocycles. The number of nitrogens with zero attached hydrogens (tertiary/aromatic N) is 1. The van der Waals surface area contributed by atoms with E-state index in [0.29, 0.717) is 5.02 Å². The Hall–Kier alpha value is -1.48. The third-order valence-electron chi connectivity index (χ3n) is 2.46. The lowest BCUT2D eigenvalue weighted by Crippen LogP contribution is -2.14. The van der Waals surface area contributed by atoms with Crippen molar-refractivity contribution in [2.75, 3.05) is 0 Å². The van der Waals surface area contributed by atoms with Crippen LogP contribution in [0.3, 0.4) is 0 Å². The van der Waals surface area contributed by atoms with Crippen LogP contribution in [0.25, 0.3) is 10.9 Å². The number of hydrogen-bond donors (Lipinski definition) is 1. The molecule has 1 aromatic heterocycles. The number of rotatable bonds is 2. The number of carboxylic acids is 1. The molecule has 1 atom stereocenters. The zero-order valence-corrected chi connectivity index (χ0v) is 8.90. The first-order valence-corrected chi connectivity index (χ1v) is 4.96. The van der Waals surface area contributed by atoms with Crippen molar-refractivity contribution < 1.29 is 9.90 Å². The van der Waals surface area contributed by atoms with Crippen LogP contribution in [0.4, 0.5) is 0 Å². The van der Waals surface area contributed by atoms with Crippen LogP contribution in [0.5, 0.6) is 0 Å². The van der Waals surface area contributed by atoms with Gasteiger partial charge in [-0.25, -0.2) is 4.79 Å². The maximum Gasteiger partial charge on any atom is 0.326 e. The van der Waals surface area contributed by atoms with E-state index in [1.54, 1.807) is 23.8 Å². The summed E-state index contributed by atoms with van der Waals surface area (Å²) in [5.74, 6) is -0.845. The summed E-state index contributed by atoms with van der Waals surface area (Å²) in [6, 6.07) is 6.71. The van der Waals surface area contributed by atoms with Gasteiger partial charge in [0.25, 0.3) is 0 Å². The summed E-state index contributed by atoms with van der Waals surface area (Å²) >= 11 is 5.84. The van der Waals surface area contributed by atoms with Crippen molar-refractivity contribution in [2.45, 2.75) is 13.0 Å². The standard InChI is InChI=1S/C11H10ClNO2/c1-7(11(14)15)13-5-4-8-6-9(12)2-3-10(8)13/h2-7H,1H3,(H,14,15). The highest BCUT2D eigenvalue weighted by Gasteiger charge is 2.14. The fourth-order valence-corrected chi connectivity index (χ4v) is 1.77. The van der Waals surface area contributed by atoms with E-state index in [1.807, 2.05) is 18.2 Å². The van der Waals surface area contributed by atoms with Gasteiger partial charge in [-0.05, 0) is 31.2 Å². The molecule has 0 bridgehead atoms. The van der Waals surface area contributed by atoms with E-state index in [9.17, 15) is 4.79 Å². The SMILES string of the molecule is CC(C(=O)O)n1ccc2cc(Cl)ccc21. The van der Waals surface area contributed by atoms with Gasteiger partial charge in [0.1, 0.15) is 6.04 Å². The van der Waals surface area contributed by atoms with Gasteiger partial charge < -0.3 is 9.67 Å². The molecule has 78 valence electrons. The molecule has 0 spiro atoms. The van der Waals surface area contributed by atoms with Crippen LogP contribution in [-0.4, -0.2) is 15.6 Å². The zero-order valence-electron chi connectivity index (χ0n) is 8.14. The molecular weight excluding hydrogens is 214 g/mol. The van der Waals surface area contributed by atoms with E-state index < -0.39 is 12.0 Å². The van der Waals surface area contributed by atoms with Gasteiger partial charge >= 0.3 is 5.97 Å². The fraction of sp³-hybridized carbons (Fsp3) is 0.182. The first kappa shape index (κ1) is 10.1. The lowest BCUT2D eigenvalue weighted by molar-refractivity contribution is -0.140. The second kappa shape index (κ2) is 3.59. The number of carboxylic acid groups (broad SMARTS) is 1. The summed E-state index contributed by atoms with van der Waals surface area (Å²) in [6.07, 6.45) is 1.76. The molecular formula is C11H10ClNO2. The van der Waals surface area contributed by atoms with Gasteiger partial charge in [-0.15, -0.1) is 0 Å². The number of fused-ring (bicyclic) bond motifs is 1. The van der Waals surface area contributed by atoms with Crippen molar-refractivity contribution >= 4 is 28.5 Å². The Balaban J connectivity index is 2.59. The predicted molar refractivity (Wildman–Crippen MR) is 59.3 cm³/mol. The molecule has 2 rings (SSSR count). The molecule has 15 heavy (non-hydrogen) atoms. The zero-order chi connectivity index (χ0) is 11.0. The fourth-order valence-electron chi connectivity index (χ4n) is 1.59. The maximum absolute atomic E-state index is 10.9. The number of carbonyl (C=O) groups is 1. The number of hydrogen-bond acceptors (Lipinski definition) is 1. The van der Waals surface area contributed by atoms with Crippen LogP contribution in [0.2, 0.25) is 5.02 Å². The lowest BCUT2D eigenvalue weighted by Gasteiger charge is -2.09. The Morgan fingerprint density at radius 2 is 2.20 bits per heavy atom. The van der Waals surface area contributed by atoms with Gasteiger partial charge in [0.05, 0.1) is 0 Å². The lowest BCUT2D eigenvalue weighted by atomic mass is 10.2. The molecule has 1 aromatic carbocycles. The van der Waals surface area contributed by atoms with Crippen molar-refractivity contribution in [3.05, 3.63) is 35.5 Å². The Bertz CT molecular complexity index is 518. The summed E-state index contributed by atoms with van der Waals surface area (Å²) in [4.78, 5) is 10.9. The van der Waals surface area contributed by atoms with Gasteiger partial charge in [-0.2, -0.15) is 0 Å². The molecule has 0 aliphatic heterocycles. The topological polar surface area (TPSA) is 42.2 Å². The first-order valence-electron chi connectivity index (χ1n) is 4.58. The minimum absolute atomic E-state index is 0.566. The summed E-state index contributed by atoms with van der Waals surface area (Å²) < 4.78 is 1.72. The highest BCUT2D eigenvalue weighted by atomic mass is 35.5. The Morgan fingerprint density at radius 3 is 2.87 bits per heavy atom. The third kappa shape index (κ3) is 1.70. The van der Waals surface area contributed by atoms with E-state index in [-0.39, 0.29) is 0 Å². The minimum Gasteiger partial charge on any atom is -0.480 e. The Kier molecular flexibility index (Phi) is 2.40. The van der Waals surface area contributed by atoms with E-state index >= 15 is 0 Å². The maximum atomic E-state index is 10.9. The summed E-state index contributed by atoms with van der Waals surface area (Å²) in [5, 5.41) is 10.5. The van der Waals surface area contributed by atoms with Gasteiger partial charge in [0.2, 0.25) is 0 Å². The van der Waals surface area contributed by atoms with E-state index in [1.165, 1.54) is 0 Å². The quantitative estimate of drug-likeness (QED) is 0.851. The van der Waals surface area contributed by atoms with Crippen molar-refractivity contribution in [2.24, 2.45) is 0 Å². The summed E-state index contributed by atoms with van der Waals surface area (Å²) in [7, 11) is 0. The second-order valence-electron chi connectivity index (χ2n) is 3.44. The molecule has 1 heterocycles. The molecule has 0 fully saturated rings. The van der Waals surface area contributed by atoms with E-state index in [0.717, 1.165) is 10.9 Å². The Morgan fingerprint density at radius 1 is 1.47 bits per heavy atom. The van der Waals surface area contributed by atoms with Crippen LogP contribution < -0.4 is 0 Å². The van der Waals surface area contributed by atoms with E-state index in [2.05, 4.69) is 0 Å². The van der Waals surface area contributed by atoms with Gasteiger partial charge in [0.15, 0.2) is 0 Å². The van der Waals surface area contributed by atoms with Gasteiger partial charge in [0, 0.05) is 22.1 Å². The molecule has 4 heteroatoms. The molecule has 0 amide bonds. The van der Waals surface area contributed by atoms with Crippen LogP contribution >= 0.6 is 11.6 Å². The molecule has 0 aliphatic rings. The average Bonchev–Trinajstić information content (AvgIpc) is 2.59. The molecule has 1 N–H and O–H groups in total. The Labute approximate surface area is 91.9 Å². The normalized spacial score (nSPS) is 12.9. The number of aliphatic carboxylic acids is 1. The monoisotopic (exact) mass is 223 g/mol. The molecule has 0 radical (unpaired) electrons. The molecule has 2 aromatic rings. The van der Waals surface area contributed by atoms with Crippen LogP contribution in [-0.2, 0) is 4.79 Å². The van der Waals surface area contributed by atoms with Crippen molar-refractivity contribution in [1.29, 1.82) is 0 Å². The van der Waals surface area contributed by atoms with Crippen molar-refractivity contribution in [3.8, 4) is 0 Å². The number of aromatic nitrogens is 1. The average molecular weight is 224 g/mol. The van der Waals surface area contributed by atoms with Crippen LogP contribution in [0.1, 0.15) is 13.0 Å². The van der Waals surface area contributed by atoms with E-state index in [4.69, 9.17) is 16.7 Å². The third-order valence-corrected chi connectivity index (χ3v) is 2.69.